The monoisotopic (exact) mass is 404 g/mol. The van der Waals surface area contributed by atoms with Gasteiger partial charge in [-0.2, -0.15) is 0 Å². The zero-order valence-corrected chi connectivity index (χ0v) is 14.3. The van der Waals surface area contributed by atoms with Gasteiger partial charge < -0.3 is 9.64 Å². The number of likely N-dealkylation sites (tertiary alicyclic amines) is 1. The van der Waals surface area contributed by atoms with Crippen LogP contribution in [0.4, 0.5) is 0 Å². The molecule has 1 fully saturated rings. The molecule has 2 rings (SSSR count). The van der Waals surface area contributed by atoms with Crippen LogP contribution in [0.3, 0.4) is 0 Å². The van der Waals surface area contributed by atoms with Crippen molar-refractivity contribution >= 4 is 45.8 Å². The molecule has 0 atom stereocenters. The summed E-state index contributed by atoms with van der Waals surface area (Å²) in [5.74, 6) is 0.599. The molecule has 20 heavy (non-hydrogen) atoms. The van der Waals surface area contributed by atoms with Gasteiger partial charge in [-0.1, -0.05) is 0 Å². The predicted molar refractivity (Wildman–Crippen MR) is 91.2 cm³/mol. The largest absolute Gasteiger partial charge is 0.496 e. The summed E-state index contributed by atoms with van der Waals surface area (Å²) in [6.45, 7) is 1.86. The molecule has 1 heterocycles. The molecule has 0 saturated carbocycles. The van der Waals surface area contributed by atoms with Gasteiger partial charge in [-0.05, 0) is 72.3 Å². The lowest BCUT2D eigenvalue weighted by Crippen LogP contribution is -2.44. The second-order valence-corrected chi connectivity index (χ2v) is 6.21. The predicted octanol–water partition coefficient (Wildman–Crippen LogP) is 2.80. The number of hydrogen-bond acceptors (Lipinski definition) is 3. The highest BCUT2D eigenvalue weighted by molar-refractivity contribution is 14.1. The fourth-order valence-electron chi connectivity index (χ4n) is 2.15. The zero-order chi connectivity index (χ0) is 14.5. The molecule has 1 aromatic carbocycles. The van der Waals surface area contributed by atoms with Gasteiger partial charge in [0.05, 0.1) is 10.7 Å². The summed E-state index contributed by atoms with van der Waals surface area (Å²) >= 11 is 7.45. The van der Waals surface area contributed by atoms with Crippen molar-refractivity contribution in [3.63, 3.8) is 0 Å². The lowest BCUT2D eigenvalue weighted by atomic mass is 10.1. The first-order valence-electron chi connectivity index (χ1n) is 6.55. The van der Waals surface area contributed by atoms with Crippen molar-refractivity contribution in [2.75, 3.05) is 20.2 Å². The first-order chi connectivity index (χ1) is 9.61. The number of rotatable bonds is 2. The van der Waals surface area contributed by atoms with Crippen LogP contribution in [0, 0.1) is 3.57 Å². The summed E-state index contributed by atoms with van der Waals surface area (Å²) in [6.07, 6.45) is 3.51. The number of ether oxygens (including phenoxy) is 1. The van der Waals surface area contributed by atoms with Gasteiger partial charge in [0.15, 0.2) is 5.11 Å². The lowest BCUT2D eigenvalue weighted by molar-refractivity contribution is 0.0972. The van der Waals surface area contributed by atoms with Crippen molar-refractivity contribution < 1.29 is 9.53 Å². The van der Waals surface area contributed by atoms with Crippen LogP contribution in [-0.4, -0.2) is 36.1 Å². The van der Waals surface area contributed by atoms with E-state index in [2.05, 4.69) is 32.8 Å². The maximum atomic E-state index is 12.2. The molecule has 108 valence electrons. The Morgan fingerprint density at radius 2 is 2.05 bits per heavy atom. The van der Waals surface area contributed by atoms with Gasteiger partial charge in [0, 0.05) is 18.7 Å². The Balaban J connectivity index is 2.00. The normalized spacial score (nSPS) is 14.8. The Morgan fingerprint density at radius 3 is 2.65 bits per heavy atom. The Labute approximate surface area is 138 Å². The van der Waals surface area contributed by atoms with Gasteiger partial charge in [-0.3, -0.25) is 10.1 Å². The van der Waals surface area contributed by atoms with Crippen molar-refractivity contribution in [3.05, 3.63) is 27.3 Å². The minimum atomic E-state index is -0.166. The van der Waals surface area contributed by atoms with Gasteiger partial charge in [0.1, 0.15) is 5.75 Å². The lowest BCUT2D eigenvalue weighted by Gasteiger charge is -2.28. The van der Waals surface area contributed by atoms with Crippen molar-refractivity contribution in [1.29, 1.82) is 0 Å². The number of hydrogen-bond donors (Lipinski definition) is 1. The van der Waals surface area contributed by atoms with Crippen molar-refractivity contribution in [3.8, 4) is 5.75 Å². The highest BCUT2D eigenvalue weighted by Crippen LogP contribution is 2.21. The topological polar surface area (TPSA) is 41.6 Å². The molecule has 4 nitrogen and oxygen atoms in total. The number of piperidine rings is 1. The van der Waals surface area contributed by atoms with E-state index in [4.69, 9.17) is 17.0 Å². The molecule has 1 saturated heterocycles. The summed E-state index contributed by atoms with van der Waals surface area (Å²) in [4.78, 5) is 14.2. The standard InChI is InChI=1S/C14H17IN2O2S/c1-19-12-6-5-10(9-11(12)15)13(18)16-14(20)17-7-3-2-4-8-17/h5-6,9H,2-4,7-8H2,1H3,(H,16,18,20). The van der Waals surface area contributed by atoms with Crippen molar-refractivity contribution in [2.45, 2.75) is 19.3 Å². The summed E-state index contributed by atoms with van der Waals surface area (Å²) in [5, 5.41) is 3.33. The van der Waals surface area contributed by atoms with Gasteiger partial charge in [-0.15, -0.1) is 0 Å². The fourth-order valence-corrected chi connectivity index (χ4v) is 3.16. The number of methoxy groups -OCH3 is 1. The van der Waals surface area contributed by atoms with Gasteiger partial charge in [0.2, 0.25) is 0 Å². The first kappa shape index (κ1) is 15.5. The van der Waals surface area contributed by atoms with E-state index in [9.17, 15) is 4.79 Å². The molecule has 0 radical (unpaired) electrons. The second-order valence-electron chi connectivity index (χ2n) is 4.66. The van der Waals surface area contributed by atoms with Gasteiger partial charge in [-0.25, -0.2) is 0 Å². The average Bonchev–Trinajstić information content (AvgIpc) is 2.48. The Hall–Kier alpha value is -0.890. The molecular weight excluding hydrogens is 387 g/mol. The van der Waals surface area contributed by atoms with E-state index in [1.54, 1.807) is 25.3 Å². The molecule has 6 heteroatoms. The molecule has 1 amide bonds. The maximum absolute atomic E-state index is 12.2. The van der Waals surface area contributed by atoms with E-state index in [-0.39, 0.29) is 5.91 Å². The smallest absolute Gasteiger partial charge is 0.257 e. The number of thiocarbonyl (C=S) groups is 1. The number of nitrogens with zero attached hydrogens (tertiary/aromatic N) is 1. The minimum Gasteiger partial charge on any atom is -0.496 e. The van der Waals surface area contributed by atoms with E-state index in [0.29, 0.717) is 10.7 Å². The van der Waals surface area contributed by atoms with E-state index < -0.39 is 0 Å². The third kappa shape index (κ3) is 3.82. The third-order valence-corrected chi connectivity index (χ3v) is 4.48. The minimum absolute atomic E-state index is 0.166. The van der Waals surface area contributed by atoms with E-state index >= 15 is 0 Å². The van der Waals surface area contributed by atoms with Crippen LogP contribution in [0.25, 0.3) is 0 Å². The van der Waals surface area contributed by atoms with Gasteiger partial charge in [0.25, 0.3) is 5.91 Å². The summed E-state index contributed by atoms with van der Waals surface area (Å²) in [5.41, 5.74) is 0.592. The quantitative estimate of drug-likeness (QED) is 0.608. The molecule has 0 aromatic heterocycles. The van der Waals surface area contributed by atoms with Crippen LogP contribution in [0.1, 0.15) is 29.6 Å². The molecule has 0 aliphatic carbocycles. The van der Waals surface area contributed by atoms with Crippen LogP contribution in [0.5, 0.6) is 5.75 Å². The van der Waals surface area contributed by atoms with Crippen molar-refractivity contribution in [1.82, 2.24) is 10.2 Å². The Bertz CT molecular complexity index is 516. The number of carbonyl (C=O) groups is 1. The van der Waals surface area contributed by atoms with Crippen LogP contribution >= 0.6 is 34.8 Å². The summed E-state index contributed by atoms with van der Waals surface area (Å²) < 4.78 is 6.09. The van der Waals surface area contributed by atoms with E-state index in [0.717, 1.165) is 35.3 Å². The molecular formula is C14H17IN2O2S. The molecule has 0 unspecified atom stereocenters. The summed E-state index contributed by atoms with van der Waals surface area (Å²) in [6, 6.07) is 5.34. The molecule has 1 aliphatic heterocycles. The van der Waals surface area contributed by atoms with Gasteiger partial charge >= 0.3 is 0 Å². The Kier molecular flexibility index (Phi) is 5.59. The number of benzene rings is 1. The first-order valence-corrected chi connectivity index (χ1v) is 8.04. The van der Waals surface area contributed by atoms with Crippen LogP contribution in [-0.2, 0) is 0 Å². The van der Waals surface area contributed by atoms with Crippen LogP contribution in [0.2, 0.25) is 0 Å². The molecule has 1 N–H and O–H groups in total. The molecule has 1 aromatic rings. The van der Waals surface area contributed by atoms with Crippen molar-refractivity contribution in [2.24, 2.45) is 0 Å². The molecule has 1 aliphatic rings. The third-order valence-electron chi connectivity index (χ3n) is 3.28. The Morgan fingerprint density at radius 1 is 1.35 bits per heavy atom. The molecule has 0 bridgehead atoms. The number of amides is 1. The number of nitrogens with one attached hydrogen (secondary N) is 1. The highest BCUT2D eigenvalue weighted by atomic mass is 127. The average molecular weight is 404 g/mol. The number of carbonyl (C=O) groups excluding carboxylic acids is 1. The second kappa shape index (κ2) is 7.21. The highest BCUT2D eigenvalue weighted by Gasteiger charge is 2.16. The zero-order valence-electron chi connectivity index (χ0n) is 11.3. The van der Waals surface area contributed by atoms with E-state index in [1.807, 2.05) is 0 Å². The van der Waals surface area contributed by atoms with Crippen LogP contribution < -0.4 is 10.1 Å². The number of halogens is 1. The molecule has 0 spiro atoms. The summed E-state index contributed by atoms with van der Waals surface area (Å²) in [7, 11) is 1.61. The van der Waals surface area contributed by atoms with E-state index in [1.165, 1.54) is 6.42 Å². The van der Waals surface area contributed by atoms with Crippen LogP contribution in [0.15, 0.2) is 18.2 Å². The maximum Gasteiger partial charge on any atom is 0.257 e. The SMILES string of the molecule is COc1ccc(C(=O)NC(=S)N2CCCCC2)cc1I. The fraction of sp³-hybridized carbons (Fsp3) is 0.429.